The lowest BCUT2D eigenvalue weighted by Gasteiger charge is -2.13. The van der Waals surface area contributed by atoms with E-state index in [9.17, 15) is 0 Å². The van der Waals surface area contributed by atoms with Crippen LogP contribution < -0.4 is 14.8 Å². The van der Waals surface area contributed by atoms with Gasteiger partial charge in [0.15, 0.2) is 0 Å². The first kappa shape index (κ1) is 14.8. The van der Waals surface area contributed by atoms with Crippen molar-refractivity contribution in [2.45, 2.75) is 6.54 Å². The summed E-state index contributed by atoms with van der Waals surface area (Å²) in [5.41, 5.74) is 1.84. The molecule has 0 bridgehead atoms. The van der Waals surface area contributed by atoms with Crippen molar-refractivity contribution >= 4 is 28.9 Å². The summed E-state index contributed by atoms with van der Waals surface area (Å²) in [7, 11) is 3.26. The summed E-state index contributed by atoms with van der Waals surface area (Å²) < 4.78 is 10.5. The van der Waals surface area contributed by atoms with Crippen LogP contribution in [0.15, 0.2) is 36.4 Å². The van der Waals surface area contributed by atoms with Crippen LogP contribution in [0.25, 0.3) is 0 Å². The summed E-state index contributed by atoms with van der Waals surface area (Å²) in [5.74, 6) is 1.51. The lowest BCUT2D eigenvalue weighted by molar-refractivity contribution is 0.404. The topological polar surface area (TPSA) is 30.5 Å². The number of benzene rings is 2. The van der Waals surface area contributed by atoms with Crippen molar-refractivity contribution in [3.05, 3.63) is 52.0 Å². The molecule has 5 heteroatoms. The van der Waals surface area contributed by atoms with E-state index >= 15 is 0 Å². The van der Waals surface area contributed by atoms with Crippen LogP contribution in [0.2, 0.25) is 10.0 Å². The number of anilines is 1. The van der Waals surface area contributed by atoms with E-state index in [0.717, 1.165) is 22.7 Å². The molecular formula is C15H15Cl2NO2. The Kier molecular flexibility index (Phi) is 4.99. The van der Waals surface area contributed by atoms with Gasteiger partial charge in [-0.05, 0) is 35.9 Å². The van der Waals surface area contributed by atoms with E-state index in [1.165, 1.54) is 0 Å². The molecule has 2 aromatic carbocycles. The molecule has 3 nitrogen and oxygen atoms in total. The maximum absolute atomic E-state index is 5.98. The summed E-state index contributed by atoms with van der Waals surface area (Å²) in [4.78, 5) is 0. The van der Waals surface area contributed by atoms with Crippen molar-refractivity contribution in [2.75, 3.05) is 19.5 Å². The molecule has 0 spiro atoms. The number of nitrogens with one attached hydrogen (secondary N) is 1. The summed E-state index contributed by atoms with van der Waals surface area (Å²) in [6.07, 6.45) is 0. The number of methoxy groups -OCH3 is 2. The second kappa shape index (κ2) is 6.73. The Morgan fingerprint density at radius 1 is 0.950 bits per heavy atom. The van der Waals surface area contributed by atoms with Crippen LogP contribution in [0, 0.1) is 0 Å². The molecule has 0 atom stereocenters. The van der Waals surface area contributed by atoms with Crippen LogP contribution in [0.4, 0.5) is 5.69 Å². The first-order valence-electron chi connectivity index (χ1n) is 6.03. The van der Waals surface area contributed by atoms with Gasteiger partial charge in [-0.15, -0.1) is 0 Å². The summed E-state index contributed by atoms with van der Waals surface area (Å²) >= 11 is 12.0. The van der Waals surface area contributed by atoms with Gasteiger partial charge < -0.3 is 14.8 Å². The molecule has 2 aromatic rings. The first-order valence-corrected chi connectivity index (χ1v) is 6.79. The third-order valence-electron chi connectivity index (χ3n) is 2.81. The van der Waals surface area contributed by atoms with E-state index in [4.69, 9.17) is 32.7 Å². The second-order valence-corrected chi connectivity index (χ2v) is 5.07. The molecule has 0 unspecified atom stereocenters. The van der Waals surface area contributed by atoms with Crippen LogP contribution >= 0.6 is 23.2 Å². The van der Waals surface area contributed by atoms with Gasteiger partial charge in [0.1, 0.15) is 11.5 Å². The third-order valence-corrected chi connectivity index (χ3v) is 3.25. The Morgan fingerprint density at radius 3 is 2.25 bits per heavy atom. The number of ether oxygens (including phenoxy) is 2. The standard InChI is InChI=1S/C15H15Cl2NO2/c1-19-13-3-4-15(20-2)14(8-13)18-9-10-5-11(16)7-12(17)6-10/h3-8,18H,9H2,1-2H3. The van der Waals surface area contributed by atoms with Gasteiger partial charge in [0.05, 0.1) is 19.9 Å². The molecule has 0 saturated heterocycles. The highest BCUT2D eigenvalue weighted by Gasteiger charge is 2.05. The highest BCUT2D eigenvalue weighted by Crippen LogP contribution is 2.29. The van der Waals surface area contributed by atoms with Gasteiger partial charge in [0.25, 0.3) is 0 Å². The lowest BCUT2D eigenvalue weighted by Crippen LogP contribution is -2.02. The van der Waals surface area contributed by atoms with Crippen LogP contribution in [0.3, 0.4) is 0 Å². The van der Waals surface area contributed by atoms with Gasteiger partial charge in [-0.3, -0.25) is 0 Å². The third kappa shape index (κ3) is 3.71. The SMILES string of the molecule is COc1ccc(OC)c(NCc2cc(Cl)cc(Cl)c2)c1. The minimum Gasteiger partial charge on any atom is -0.497 e. The Bertz CT molecular complexity index is 582. The monoisotopic (exact) mass is 311 g/mol. The molecule has 0 heterocycles. The molecule has 0 aliphatic heterocycles. The molecule has 1 N–H and O–H groups in total. The molecule has 2 rings (SSSR count). The van der Waals surface area contributed by atoms with Crippen LogP contribution in [0.1, 0.15) is 5.56 Å². The number of hydrogen-bond donors (Lipinski definition) is 1. The molecule has 0 radical (unpaired) electrons. The Labute approximate surface area is 128 Å². The van der Waals surface area contributed by atoms with Gasteiger partial charge in [-0.25, -0.2) is 0 Å². The number of rotatable bonds is 5. The zero-order chi connectivity index (χ0) is 14.5. The van der Waals surface area contributed by atoms with Crippen molar-refractivity contribution in [1.82, 2.24) is 0 Å². The predicted molar refractivity (Wildman–Crippen MR) is 83.3 cm³/mol. The zero-order valence-corrected chi connectivity index (χ0v) is 12.8. The maximum Gasteiger partial charge on any atom is 0.142 e. The molecule has 20 heavy (non-hydrogen) atoms. The van der Waals surface area contributed by atoms with Gasteiger partial charge >= 0.3 is 0 Å². The fourth-order valence-corrected chi connectivity index (χ4v) is 2.43. The summed E-state index contributed by atoms with van der Waals surface area (Å²) in [5, 5.41) is 4.52. The quantitative estimate of drug-likeness (QED) is 0.873. The Morgan fingerprint density at radius 2 is 1.65 bits per heavy atom. The summed E-state index contributed by atoms with van der Waals surface area (Å²) in [6, 6.07) is 11.0. The molecular weight excluding hydrogens is 297 g/mol. The number of halogens is 2. The Hall–Kier alpha value is -1.58. The Balaban J connectivity index is 2.17. The fraction of sp³-hybridized carbons (Fsp3) is 0.200. The molecule has 0 amide bonds. The van der Waals surface area contributed by atoms with Crippen LogP contribution in [-0.2, 0) is 6.54 Å². The molecule has 0 aromatic heterocycles. The van der Waals surface area contributed by atoms with E-state index in [0.29, 0.717) is 16.6 Å². The summed E-state index contributed by atoms with van der Waals surface area (Å²) in [6.45, 7) is 0.587. The normalized spacial score (nSPS) is 10.2. The van der Waals surface area contributed by atoms with Crippen LogP contribution in [-0.4, -0.2) is 14.2 Å². The molecule has 0 saturated carbocycles. The van der Waals surface area contributed by atoms with Gasteiger partial charge in [0, 0.05) is 22.7 Å². The largest absolute Gasteiger partial charge is 0.497 e. The highest BCUT2D eigenvalue weighted by molar-refractivity contribution is 6.34. The first-order chi connectivity index (χ1) is 9.62. The highest BCUT2D eigenvalue weighted by atomic mass is 35.5. The zero-order valence-electron chi connectivity index (χ0n) is 11.2. The predicted octanol–water partition coefficient (Wildman–Crippen LogP) is 4.62. The van der Waals surface area contributed by atoms with E-state index in [-0.39, 0.29) is 0 Å². The van der Waals surface area contributed by atoms with Gasteiger partial charge in [-0.2, -0.15) is 0 Å². The van der Waals surface area contributed by atoms with Crippen molar-refractivity contribution in [3.8, 4) is 11.5 Å². The molecule has 106 valence electrons. The van der Waals surface area contributed by atoms with E-state index in [1.807, 2.05) is 30.3 Å². The minimum atomic E-state index is 0.587. The lowest BCUT2D eigenvalue weighted by atomic mass is 10.2. The van der Waals surface area contributed by atoms with Crippen molar-refractivity contribution in [3.63, 3.8) is 0 Å². The maximum atomic E-state index is 5.98. The van der Waals surface area contributed by atoms with Gasteiger partial charge in [-0.1, -0.05) is 23.2 Å². The van der Waals surface area contributed by atoms with E-state index in [1.54, 1.807) is 20.3 Å². The molecule has 0 fully saturated rings. The van der Waals surface area contributed by atoms with Crippen molar-refractivity contribution in [1.29, 1.82) is 0 Å². The second-order valence-electron chi connectivity index (χ2n) is 4.20. The molecule has 0 aliphatic rings. The van der Waals surface area contributed by atoms with E-state index in [2.05, 4.69) is 5.32 Å². The average molecular weight is 312 g/mol. The van der Waals surface area contributed by atoms with Crippen molar-refractivity contribution < 1.29 is 9.47 Å². The van der Waals surface area contributed by atoms with Gasteiger partial charge in [0.2, 0.25) is 0 Å². The number of hydrogen-bond acceptors (Lipinski definition) is 3. The smallest absolute Gasteiger partial charge is 0.142 e. The van der Waals surface area contributed by atoms with E-state index < -0.39 is 0 Å². The molecule has 0 aliphatic carbocycles. The fourth-order valence-electron chi connectivity index (χ4n) is 1.86. The average Bonchev–Trinajstić information content (AvgIpc) is 2.43. The minimum absolute atomic E-state index is 0.587. The van der Waals surface area contributed by atoms with Crippen LogP contribution in [0.5, 0.6) is 11.5 Å². The van der Waals surface area contributed by atoms with Crippen molar-refractivity contribution in [2.24, 2.45) is 0 Å².